The number of anilines is 1. The smallest absolute Gasteiger partial charge is 0.379 e. The second-order valence-corrected chi connectivity index (χ2v) is 3.91. The number of hydrogen-bond acceptors (Lipinski definition) is 4. The molecule has 4 nitrogen and oxygen atoms in total. The first-order valence-corrected chi connectivity index (χ1v) is 5.20. The highest BCUT2D eigenvalue weighted by Gasteiger charge is 2.13. The third-order valence-corrected chi connectivity index (χ3v) is 2.23. The average molecular weight is 231 g/mol. The molecule has 0 saturated heterocycles. The lowest BCUT2D eigenvalue weighted by Crippen LogP contribution is -2.07. The fourth-order valence-corrected chi connectivity index (χ4v) is 1.61. The highest BCUT2D eigenvalue weighted by molar-refractivity contribution is 5.88. The third kappa shape index (κ3) is 2.66. The molecule has 0 amide bonds. The minimum absolute atomic E-state index is 0.0988. The van der Waals surface area contributed by atoms with Crippen molar-refractivity contribution in [2.45, 2.75) is 13.8 Å². The van der Waals surface area contributed by atoms with Gasteiger partial charge in [-0.15, -0.1) is 0 Å². The number of esters is 1. The standard InChI is InChI=1S/C13H13NO3/c1-8-5-9(2)7-10(6-8)16-13(15)11-3-4-12(14)17-11/h3-7H,14H2,1-2H3. The van der Waals surface area contributed by atoms with Crippen molar-refractivity contribution in [3.63, 3.8) is 0 Å². The first-order valence-electron chi connectivity index (χ1n) is 5.20. The minimum atomic E-state index is -0.549. The van der Waals surface area contributed by atoms with Gasteiger partial charge >= 0.3 is 5.97 Å². The summed E-state index contributed by atoms with van der Waals surface area (Å²) in [6, 6.07) is 8.58. The van der Waals surface area contributed by atoms with Crippen molar-refractivity contribution in [2.75, 3.05) is 5.73 Å². The lowest BCUT2D eigenvalue weighted by Gasteiger charge is -2.04. The van der Waals surface area contributed by atoms with E-state index in [1.807, 2.05) is 19.9 Å². The maximum Gasteiger partial charge on any atom is 0.379 e. The summed E-state index contributed by atoms with van der Waals surface area (Å²) in [7, 11) is 0. The summed E-state index contributed by atoms with van der Waals surface area (Å²) in [4.78, 5) is 11.7. The second-order valence-electron chi connectivity index (χ2n) is 3.91. The molecule has 0 bridgehead atoms. The van der Waals surface area contributed by atoms with E-state index in [9.17, 15) is 4.79 Å². The van der Waals surface area contributed by atoms with Gasteiger partial charge in [-0.25, -0.2) is 4.79 Å². The normalized spacial score (nSPS) is 10.2. The Morgan fingerprint density at radius 2 is 1.82 bits per heavy atom. The van der Waals surface area contributed by atoms with Gasteiger partial charge in [0.05, 0.1) is 0 Å². The highest BCUT2D eigenvalue weighted by Crippen LogP contribution is 2.18. The lowest BCUT2D eigenvalue weighted by molar-refractivity contribution is 0.0702. The highest BCUT2D eigenvalue weighted by atomic mass is 16.5. The summed E-state index contributed by atoms with van der Waals surface area (Å²) >= 11 is 0. The third-order valence-electron chi connectivity index (χ3n) is 2.23. The van der Waals surface area contributed by atoms with Crippen LogP contribution in [0.25, 0.3) is 0 Å². The van der Waals surface area contributed by atoms with Crippen molar-refractivity contribution in [3.05, 3.63) is 47.2 Å². The Morgan fingerprint density at radius 1 is 1.18 bits per heavy atom. The van der Waals surface area contributed by atoms with Crippen molar-refractivity contribution in [1.29, 1.82) is 0 Å². The predicted molar refractivity (Wildman–Crippen MR) is 64.0 cm³/mol. The van der Waals surface area contributed by atoms with Crippen LogP contribution in [0.4, 0.5) is 5.88 Å². The van der Waals surface area contributed by atoms with Crippen LogP contribution in [0.15, 0.2) is 34.7 Å². The molecule has 2 N–H and O–H groups in total. The quantitative estimate of drug-likeness (QED) is 0.637. The fraction of sp³-hybridized carbons (Fsp3) is 0.154. The number of nitrogens with two attached hydrogens (primary N) is 1. The van der Waals surface area contributed by atoms with Gasteiger partial charge in [-0.05, 0) is 43.2 Å². The summed E-state index contributed by atoms with van der Waals surface area (Å²) in [5.74, 6) is 0.244. The van der Waals surface area contributed by atoms with Gasteiger partial charge in [0, 0.05) is 6.07 Å². The molecule has 2 rings (SSSR count). The monoisotopic (exact) mass is 231 g/mol. The molecule has 0 aliphatic carbocycles. The van der Waals surface area contributed by atoms with Crippen LogP contribution in [0, 0.1) is 13.8 Å². The molecular formula is C13H13NO3. The molecule has 4 heteroatoms. The van der Waals surface area contributed by atoms with Gasteiger partial charge in [0.1, 0.15) is 5.75 Å². The molecule has 2 aromatic rings. The molecule has 0 fully saturated rings. The van der Waals surface area contributed by atoms with E-state index in [2.05, 4.69) is 0 Å². The second kappa shape index (κ2) is 4.33. The molecular weight excluding hydrogens is 218 g/mol. The number of hydrogen-bond donors (Lipinski definition) is 1. The van der Waals surface area contributed by atoms with Crippen molar-refractivity contribution < 1.29 is 13.9 Å². The molecule has 88 valence electrons. The van der Waals surface area contributed by atoms with Gasteiger partial charge in [0.25, 0.3) is 0 Å². The van der Waals surface area contributed by atoms with Gasteiger partial charge < -0.3 is 14.9 Å². The van der Waals surface area contributed by atoms with Gasteiger partial charge in [0.15, 0.2) is 5.88 Å². The summed E-state index contributed by atoms with van der Waals surface area (Å²) in [6.07, 6.45) is 0. The Balaban J connectivity index is 2.18. The number of aryl methyl sites for hydroxylation is 2. The summed E-state index contributed by atoms with van der Waals surface area (Å²) in [5.41, 5.74) is 7.45. The van der Waals surface area contributed by atoms with E-state index in [4.69, 9.17) is 14.9 Å². The topological polar surface area (TPSA) is 65.5 Å². The molecule has 1 aromatic carbocycles. The molecule has 0 unspecified atom stereocenters. The predicted octanol–water partition coefficient (Wildman–Crippen LogP) is 2.70. The van der Waals surface area contributed by atoms with Crippen molar-refractivity contribution >= 4 is 11.9 Å². The lowest BCUT2D eigenvalue weighted by atomic mass is 10.1. The molecule has 0 aliphatic heterocycles. The van der Waals surface area contributed by atoms with Crippen LogP contribution >= 0.6 is 0 Å². The van der Waals surface area contributed by atoms with Crippen LogP contribution in [0.5, 0.6) is 5.75 Å². The number of ether oxygens (including phenoxy) is 1. The van der Waals surface area contributed by atoms with Gasteiger partial charge in [-0.3, -0.25) is 0 Å². The molecule has 0 aliphatic rings. The number of furan rings is 1. The van der Waals surface area contributed by atoms with Crippen LogP contribution in [0.2, 0.25) is 0 Å². The Morgan fingerprint density at radius 3 is 2.35 bits per heavy atom. The molecule has 0 radical (unpaired) electrons. The molecule has 1 heterocycles. The molecule has 1 aromatic heterocycles. The van der Waals surface area contributed by atoms with E-state index in [0.29, 0.717) is 5.75 Å². The average Bonchev–Trinajstić information content (AvgIpc) is 2.63. The maximum atomic E-state index is 11.7. The number of carbonyl (C=O) groups is 1. The fourth-order valence-electron chi connectivity index (χ4n) is 1.61. The van der Waals surface area contributed by atoms with E-state index < -0.39 is 5.97 Å². The molecule has 17 heavy (non-hydrogen) atoms. The summed E-state index contributed by atoms with van der Waals surface area (Å²) < 4.78 is 10.2. The number of rotatable bonds is 2. The molecule has 0 saturated carbocycles. The van der Waals surface area contributed by atoms with Gasteiger partial charge in [-0.1, -0.05) is 6.07 Å². The minimum Gasteiger partial charge on any atom is -0.434 e. The van der Waals surface area contributed by atoms with E-state index in [0.717, 1.165) is 11.1 Å². The number of nitrogen functional groups attached to an aromatic ring is 1. The zero-order valence-corrected chi connectivity index (χ0v) is 9.69. The molecule has 0 atom stereocenters. The number of benzene rings is 1. The van der Waals surface area contributed by atoms with E-state index in [-0.39, 0.29) is 11.6 Å². The van der Waals surface area contributed by atoms with Crippen LogP contribution in [-0.2, 0) is 0 Å². The van der Waals surface area contributed by atoms with Crippen molar-refractivity contribution in [1.82, 2.24) is 0 Å². The zero-order chi connectivity index (χ0) is 12.4. The first-order chi connectivity index (χ1) is 8.04. The largest absolute Gasteiger partial charge is 0.434 e. The van der Waals surface area contributed by atoms with Crippen LogP contribution in [0.1, 0.15) is 21.7 Å². The van der Waals surface area contributed by atoms with E-state index in [1.165, 1.54) is 12.1 Å². The Labute approximate surface area is 99.0 Å². The van der Waals surface area contributed by atoms with Crippen molar-refractivity contribution in [2.24, 2.45) is 0 Å². The van der Waals surface area contributed by atoms with Crippen LogP contribution < -0.4 is 10.5 Å². The zero-order valence-electron chi connectivity index (χ0n) is 9.69. The van der Waals surface area contributed by atoms with Crippen LogP contribution in [-0.4, -0.2) is 5.97 Å². The Kier molecular flexibility index (Phi) is 2.87. The van der Waals surface area contributed by atoms with Crippen LogP contribution in [0.3, 0.4) is 0 Å². The summed E-state index contributed by atoms with van der Waals surface area (Å²) in [5, 5.41) is 0. The summed E-state index contributed by atoms with van der Waals surface area (Å²) in [6.45, 7) is 3.88. The van der Waals surface area contributed by atoms with Gasteiger partial charge in [-0.2, -0.15) is 0 Å². The Hall–Kier alpha value is -2.23. The SMILES string of the molecule is Cc1cc(C)cc(OC(=O)c2ccc(N)o2)c1. The van der Waals surface area contributed by atoms with E-state index in [1.54, 1.807) is 12.1 Å². The number of carbonyl (C=O) groups excluding carboxylic acids is 1. The van der Waals surface area contributed by atoms with E-state index >= 15 is 0 Å². The maximum absolute atomic E-state index is 11.7. The van der Waals surface area contributed by atoms with Crippen molar-refractivity contribution in [3.8, 4) is 5.75 Å². The van der Waals surface area contributed by atoms with Gasteiger partial charge in [0.2, 0.25) is 5.76 Å². The Bertz CT molecular complexity index is 537. The molecule has 0 spiro atoms. The first kappa shape index (κ1) is 11.3.